The highest BCUT2D eigenvalue weighted by molar-refractivity contribution is 8.18. The van der Waals surface area contributed by atoms with Gasteiger partial charge in [0.15, 0.2) is 16.7 Å². The number of thioether (sulfide) groups is 1. The van der Waals surface area contributed by atoms with Crippen LogP contribution in [-0.4, -0.2) is 22.6 Å². The topological polar surface area (TPSA) is 64.3 Å². The number of furan rings is 1. The number of carbonyl (C=O) groups is 1. The lowest BCUT2D eigenvalue weighted by atomic mass is 10.1. The van der Waals surface area contributed by atoms with Crippen LogP contribution < -0.4 is 9.47 Å². The molecule has 6 nitrogen and oxygen atoms in total. The van der Waals surface area contributed by atoms with Gasteiger partial charge in [0.2, 0.25) is 0 Å². The van der Waals surface area contributed by atoms with E-state index in [-0.39, 0.29) is 5.91 Å². The van der Waals surface area contributed by atoms with Gasteiger partial charge >= 0.3 is 0 Å². The van der Waals surface area contributed by atoms with Gasteiger partial charge in [-0.3, -0.25) is 9.69 Å². The van der Waals surface area contributed by atoms with Gasteiger partial charge in [-0.15, -0.1) is 0 Å². The van der Waals surface area contributed by atoms with Crippen LogP contribution in [0.2, 0.25) is 0 Å². The van der Waals surface area contributed by atoms with Crippen molar-refractivity contribution in [1.29, 1.82) is 0 Å². The lowest BCUT2D eigenvalue weighted by Crippen LogP contribution is -2.28. The zero-order chi connectivity index (χ0) is 28.0. The number of hydrogen-bond acceptors (Lipinski definition) is 6. The summed E-state index contributed by atoms with van der Waals surface area (Å²) in [7, 11) is 0. The summed E-state index contributed by atoms with van der Waals surface area (Å²) in [6.45, 7) is 3.15. The first-order chi connectivity index (χ1) is 20.2. The van der Waals surface area contributed by atoms with Gasteiger partial charge < -0.3 is 13.9 Å². The highest BCUT2D eigenvalue weighted by atomic mass is 32.2. The second kappa shape index (κ2) is 12.2. The molecule has 0 bridgehead atoms. The van der Waals surface area contributed by atoms with Gasteiger partial charge in [0.25, 0.3) is 5.91 Å². The summed E-state index contributed by atoms with van der Waals surface area (Å²) in [5, 5.41) is 2.97. The third-order valence-electron chi connectivity index (χ3n) is 6.54. The molecule has 1 aromatic heterocycles. The molecule has 0 aliphatic carbocycles. The van der Waals surface area contributed by atoms with Crippen molar-refractivity contribution in [1.82, 2.24) is 4.90 Å². The second-order valence-corrected chi connectivity index (χ2v) is 10.4. The van der Waals surface area contributed by atoms with E-state index >= 15 is 0 Å². The van der Waals surface area contributed by atoms with Crippen molar-refractivity contribution in [3.05, 3.63) is 131 Å². The molecule has 0 atom stereocenters. The minimum absolute atomic E-state index is 0.129. The summed E-state index contributed by atoms with van der Waals surface area (Å²) in [6.07, 6.45) is 3.47. The third-order valence-corrected chi connectivity index (χ3v) is 7.54. The van der Waals surface area contributed by atoms with E-state index in [4.69, 9.17) is 18.9 Å². The van der Waals surface area contributed by atoms with E-state index in [1.807, 2.05) is 85.8 Å². The van der Waals surface area contributed by atoms with Crippen molar-refractivity contribution in [2.45, 2.75) is 20.1 Å². The first-order valence-corrected chi connectivity index (χ1v) is 14.2. The Balaban J connectivity index is 1.24. The fourth-order valence-corrected chi connectivity index (χ4v) is 5.54. The molecule has 0 unspecified atom stereocenters. The van der Waals surface area contributed by atoms with E-state index in [1.54, 1.807) is 11.2 Å². The van der Waals surface area contributed by atoms with Crippen molar-refractivity contribution >= 4 is 45.4 Å². The van der Waals surface area contributed by atoms with Gasteiger partial charge in [-0.05, 0) is 89.1 Å². The Labute approximate surface area is 242 Å². The predicted octanol–water partition coefficient (Wildman–Crippen LogP) is 8.21. The molecule has 0 N–H and O–H groups in total. The van der Waals surface area contributed by atoms with E-state index in [2.05, 4.69) is 30.3 Å². The van der Waals surface area contributed by atoms with E-state index < -0.39 is 0 Å². The molecule has 2 heterocycles. The quantitative estimate of drug-likeness (QED) is 0.170. The summed E-state index contributed by atoms with van der Waals surface area (Å²) in [4.78, 5) is 20.5. The average molecular weight is 561 g/mol. The largest absolute Gasteiger partial charge is 0.490 e. The third kappa shape index (κ3) is 6.21. The summed E-state index contributed by atoms with van der Waals surface area (Å²) in [5.74, 6) is 1.84. The molecule has 6 rings (SSSR count). The zero-order valence-electron chi connectivity index (χ0n) is 22.5. The Kier molecular flexibility index (Phi) is 7.87. The number of ether oxygens (including phenoxy) is 2. The first kappa shape index (κ1) is 26.5. The minimum Gasteiger partial charge on any atom is -0.490 e. The Bertz CT molecular complexity index is 1730. The van der Waals surface area contributed by atoms with Crippen molar-refractivity contribution < 1.29 is 18.7 Å². The molecule has 204 valence electrons. The Morgan fingerprint density at radius 1 is 0.854 bits per heavy atom. The van der Waals surface area contributed by atoms with Crippen LogP contribution in [0.25, 0.3) is 16.8 Å². The van der Waals surface area contributed by atoms with E-state index in [0.29, 0.717) is 47.1 Å². The molecule has 1 amide bonds. The number of amidine groups is 1. The van der Waals surface area contributed by atoms with Crippen LogP contribution in [0.1, 0.15) is 23.8 Å². The van der Waals surface area contributed by atoms with Gasteiger partial charge in [-0.1, -0.05) is 60.7 Å². The van der Waals surface area contributed by atoms with Crippen LogP contribution in [0.3, 0.4) is 0 Å². The van der Waals surface area contributed by atoms with E-state index in [9.17, 15) is 4.79 Å². The van der Waals surface area contributed by atoms with E-state index in [1.165, 1.54) is 22.5 Å². The molecule has 5 aromatic rings. The Morgan fingerprint density at radius 3 is 2.49 bits per heavy atom. The van der Waals surface area contributed by atoms with Crippen LogP contribution in [0.5, 0.6) is 11.5 Å². The average Bonchev–Trinajstić information content (AvgIpc) is 3.62. The smallest absolute Gasteiger partial charge is 0.267 e. The van der Waals surface area contributed by atoms with Gasteiger partial charge in [0, 0.05) is 0 Å². The SMILES string of the molecule is CCOc1cc(/C=C2\SC(=Nc3ccccc3)N(Cc3ccco3)C2=O)ccc1OCc1ccc2ccccc2c1. The van der Waals surface area contributed by atoms with E-state index in [0.717, 1.165) is 16.8 Å². The maximum absolute atomic E-state index is 13.5. The van der Waals surface area contributed by atoms with Crippen molar-refractivity contribution in [3.8, 4) is 11.5 Å². The molecule has 0 radical (unpaired) electrons. The lowest BCUT2D eigenvalue weighted by Gasteiger charge is -2.14. The molecule has 41 heavy (non-hydrogen) atoms. The molecule has 1 aliphatic rings. The van der Waals surface area contributed by atoms with Crippen molar-refractivity contribution in [2.75, 3.05) is 6.61 Å². The molecule has 1 fully saturated rings. The first-order valence-electron chi connectivity index (χ1n) is 13.4. The van der Waals surface area contributed by atoms with Gasteiger partial charge in [0.05, 0.1) is 30.0 Å². The van der Waals surface area contributed by atoms with Crippen LogP contribution >= 0.6 is 11.8 Å². The van der Waals surface area contributed by atoms with Gasteiger partial charge in [0.1, 0.15) is 12.4 Å². The normalized spacial score (nSPS) is 15.2. The zero-order valence-corrected chi connectivity index (χ0v) is 23.3. The Hall–Kier alpha value is -4.75. The number of carbonyl (C=O) groups excluding carboxylic acids is 1. The Morgan fingerprint density at radius 2 is 1.68 bits per heavy atom. The summed E-state index contributed by atoms with van der Waals surface area (Å²) < 4.78 is 17.6. The maximum Gasteiger partial charge on any atom is 0.267 e. The fraction of sp³-hybridized carbons (Fsp3) is 0.118. The summed E-state index contributed by atoms with van der Waals surface area (Å²) >= 11 is 1.34. The standard InChI is InChI=1S/C34H28N2O4S/c1-2-38-31-20-24(15-17-30(31)40-23-25-14-16-26-9-6-7-10-27(26)19-25)21-32-33(37)36(22-29-13-8-18-39-29)34(41-32)35-28-11-4-3-5-12-28/h3-21H,2,22-23H2,1H3/b32-21-,35-34?. The second-order valence-electron chi connectivity index (χ2n) is 9.42. The number of hydrogen-bond donors (Lipinski definition) is 0. The van der Waals surface area contributed by atoms with Crippen LogP contribution in [-0.2, 0) is 17.9 Å². The van der Waals surface area contributed by atoms with Gasteiger partial charge in [-0.2, -0.15) is 0 Å². The van der Waals surface area contributed by atoms with Crippen LogP contribution in [0.15, 0.2) is 124 Å². The summed E-state index contributed by atoms with van der Waals surface area (Å²) in [6, 6.07) is 33.6. The molecule has 0 spiro atoms. The number of amides is 1. The number of benzene rings is 4. The van der Waals surface area contributed by atoms with Gasteiger partial charge in [-0.25, -0.2) is 4.99 Å². The molecule has 4 aromatic carbocycles. The van der Waals surface area contributed by atoms with Crippen LogP contribution in [0.4, 0.5) is 5.69 Å². The number of fused-ring (bicyclic) bond motifs is 1. The molecular formula is C34H28N2O4S. The van der Waals surface area contributed by atoms with Crippen LogP contribution in [0, 0.1) is 0 Å². The molecule has 1 aliphatic heterocycles. The molecule has 7 heteroatoms. The number of aliphatic imine (C=N–C) groups is 1. The fourth-order valence-electron chi connectivity index (χ4n) is 4.55. The predicted molar refractivity (Wildman–Crippen MR) is 164 cm³/mol. The minimum atomic E-state index is -0.129. The highest BCUT2D eigenvalue weighted by Crippen LogP contribution is 2.37. The summed E-state index contributed by atoms with van der Waals surface area (Å²) in [5.41, 5.74) is 2.69. The number of para-hydroxylation sites is 1. The molecular weight excluding hydrogens is 532 g/mol. The van der Waals surface area contributed by atoms with Crippen molar-refractivity contribution in [3.63, 3.8) is 0 Å². The number of nitrogens with zero attached hydrogens (tertiary/aromatic N) is 2. The highest BCUT2D eigenvalue weighted by Gasteiger charge is 2.34. The maximum atomic E-state index is 13.5. The van der Waals surface area contributed by atoms with Crippen molar-refractivity contribution in [2.24, 2.45) is 4.99 Å². The molecule has 1 saturated heterocycles. The lowest BCUT2D eigenvalue weighted by molar-refractivity contribution is -0.122. The monoisotopic (exact) mass is 560 g/mol. The molecule has 0 saturated carbocycles. The number of rotatable bonds is 9.